The lowest BCUT2D eigenvalue weighted by Crippen LogP contribution is -2.40. The summed E-state index contributed by atoms with van der Waals surface area (Å²) in [6.07, 6.45) is 6.51. The molecule has 4 rings (SSSR count). The van der Waals surface area contributed by atoms with Crippen molar-refractivity contribution in [3.05, 3.63) is 70.8 Å². The molecule has 0 heterocycles. The van der Waals surface area contributed by atoms with Gasteiger partial charge in [0.15, 0.2) is 0 Å². The Hall–Kier alpha value is -1.56. The van der Waals surface area contributed by atoms with Gasteiger partial charge in [0, 0.05) is 0 Å². The van der Waals surface area contributed by atoms with E-state index < -0.39 is 0 Å². The standard InChI is InChI=1S/C14H20.C12H16/c1-13(2)10-9-11-7-5-6-8-12(11)14(13,3)4;1-12(2)9-5-7-10-6-3-4-8-11(10)12/h5-8H,9-10H2,1-4H3;3-4,6,8H,5,7,9H2,1-2H3. The highest BCUT2D eigenvalue weighted by atomic mass is 14.5. The van der Waals surface area contributed by atoms with Gasteiger partial charge in [-0.1, -0.05) is 90.1 Å². The van der Waals surface area contributed by atoms with Crippen molar-refractivity contribution in [1.29, 1.82) is 0 Å². The molecule has 0 saturated carbocycles. The first kappa shape index (κ1) is 19.2. The summed E-state index contributed by atoms with van der Waals surface area (Å²) in [5, 5.41) is 0. The molecule has 0 saturated heterocycles. The molecule has 0 radical (unpaired) electrons. The van der Waals surface area contributed by atoms with E-state index in [2.05, 4.69) is 90.1 Å². The summed E-state index contributed by atoms with van der Waals surface area (Å²) in [5.41, 5.74) is 7.37. The first-order chi connectivity index (χ1) is 12.2. The summed E-state index contributed by atoms with van der Waals surface area (Å²) < 4.78 is 0. The van der Waals surface area contributed by atoms with E-state index in [1.165, 1.54) is 32.1 Å². The minimum Gasteiger partial charge on any atom is -0.0620 e. The van der Waals surface area contributed by atoms with Crippen LogP contribution in [0.2, 0.25) is 0 Å². The predicted octanol–water partition coefficient (Wildman–Crippen LogP) is 7.24. The van der Waals surface area contributed by atoms with Crippen molar-refractivity contribution in [2.75, 3.05) is 0 Å². The van der Waals surface area contributed by atoms with Crippen molar-refractivity contribution < 1.29 is 0 Å². The van der Waals surface area contributed by atoms with Crippen molar-refractivity contribution in [3.63, 3.8) is 0 Å². The third-order valence-electron chi connectivity index (χ3n) is 7.40. The van der Waals surface area contributed by atoms with E-state index in [0.717, 1.165) is 0 Å². The van der Waals surface area contributed by atoms with Gasteiger partial charge in [-0.05, 0) is 70.6 Å². The number of fused-ring (bicyclic) bond motifs is 2. The Kier molecular flexibility index (Phi) is 5.08. The monoisotopic (exact) mass is 348 g/mol. The van der Waals surface area contributed by atoms with E-state index in [9.17, 15) is 0 Å². The van der Waals surface area contributed by atoms with Crippen molar-refractivity contribution in [3.8, 4) is 0 Å². The van der Waals surface area contributed by atoms with Crippen LogP contribution in [0.15, 0.2) is 48.5 Å². The highest BCUT2D eigenvalue weighted by molar-refractivity contribution is 5.38. The number of aryl methyl sites for hydroxylation is 2. The van der Waals surface area contributed by atoms with Gasteiger partial charge in [-0.2, -0.15) is 0 Å². The van der Waals surface area contributed by atoms with Gasteiger partial charge in [0.1, 0.15) is 0 Å². The summed E-state index contributed by atoms with van der Waals surface area (Å²) >= 11 is 0. The van der Waals surface area contributed by atoms with Gasteiger partial charge in [-0.15, -0.1) is 0 Å². The van der Waals surface area contributed by atoms with E-state index in [1.54, 1.807) is 22.3 Å². The van der Waals surface area contributed by atoms with Crippen LogP contribution < -0.4 is 0 Å². The van der Waals surface area contributed by atoms with Gasteiger partial charge in [0.05, 0.1) is 0 Å². The summed E-state index contributed by atoms with van der Waals surface area (Å²) in [6.45, 7) is 14.2. The van der Waals surface area contributed by atoms with Gasteiger partial charge in [0.2, 0.25) is 0 Å². The Morgan fingerprint density at radius 3 is 1.77 bits per heavy atom. The molecule has 0 heteroatoms. The Morgan fingerprint density at radius 2 is 1.15 bits per heavy atom. The van der Waals surface area contributed by atoms with Gasteiger partial charge in [0.25, 0.3) is 0 Å². The fraction of sp³-hybridized carbons (Fsp3) is 0.538. The molecule has 0 bridgehead atoms. The van der Waals surface area contributed by atoms with Crippen LogP contribution in [0.3, 0.4) is 0 Å². The second-order valence-corrected chi connectivity index (χ2v) is 10.1. The molecule has 2 aromatic carbocycles. The molecule has 0 aromatic heterocycles. The van der Waals surface area contributed by atoms with Gasteiger partial charge >= 0.3 is 0 Å². The van der Waals surface area contributed by atoms with Crippen molar-refractivity contribution in [2.45, 2.75) is 84.5 Å². The van der Waals surface area contributed by atoms with E-state index in [4.69, 9.17) is 0 Å². The lowest BCUT2D eigenvalue weighted by molar-refractivity contribution is 0.165. The second kappa shape index (κ2) is 6.87. The molecule has 0 atom stereocenters. The van der Waals surface area contributed by atoms with E-state index >= 15 is 0 Å². The molecule has 0 unspecified atom stereocenters. The van der Waals surface area contributed by atoms with E-state index in [0.29, 0.717) is 16.2 Å². The Morgan fingerprint density at radius 1 is 0.615 bits per heavy atom. The molecule has 2 aliphatic carbocycles. The average Bonchev–Trinajstić information content (AvgIpc) is 2.60. The Balaban J connectivity index is 0.000000152. The molecule has 2 aromatic rings. The van der Waals surface area contributed by atoms with Gasteiger partial charge in [-0.3, -0.25) is 0 Å². The first-order valence-corrected chi connectivity index (χ1v) is 10.3. The predicted molar refractivity (Wildman–Crippen MR) is 114 cm³/mol. The Bertz CT molecular complexity index is 761. The molecule has 0 nitrogen and oxygen atoms in total. The topological polar surface area (TPSA) is 0 Å². The zero-order chi connectivity index (χ0) is 19.0. The minimum atomic E-state index is 0.307. The van der Waals surface area contributed by atoms with Gasteiger partial charge < -0.3 is 0 Å². The van der Waals surface area contributed by atoms with Gasteiger partial charge in [-0.25, -0.2) is 0 Å². The quantitative estimate of drug-likeness (QED) is 0.471. The summed E-state index contributed by atoms with van der Waals surface area (Å²) in [4.78, 5) is 0. The minimum absolute atomic E-state index is 0.307. The third-order valence-corrected chi connectivity index (χ3v) is 7.40. The Labute approximate surface area is 161 Å². The number of hydrogen-bond donors (Lipinski definition) is 0. The number of hydrogen-bond acceptors (Lipinski definition) is 0. The van der Waals surface area contributed by atoms with Crippen LogP contribution in [0.4, 0.5) is 0 Å². The van der Waals surface area contributed by atoms with Crippen LogP contribution >= 0.6 is 0 Å². The van der Waals surface area contributed by atoms with Crippen LogP contribution in [-0.2, 0) is 23.7 Å². The molecule has 0 amide bonds. The van der Waals surface area contributed by atoms with Crippen molar-refractivity contribution in [2.24, 2.45) is 5.41 Å². The molecular formula is C26H36. The van der Waals surface area contributed by atoms with Crippen LogP contribution in [0.25, 0.3) is 0 Å². The van der Waals surface area contributed by atoms with Crippen LogP contribution in [0.1, 0.15) is 83.1 Å². The molecule has 0 fully saturated rings. The molecule has 0 aliphatic heterocycles. The van der Waals surface area contributed by atoms with E-state index in [-0.39, 0.29) is 0 Å². The molecule has 0 N–H and O–H groups in total. The van der Waals surface area contributed by atoms with Crippen molar-refractivity contribution >= 4 is 0 Å². The SMILES string of the molecule is CC1(C)CCCc2ccccc21.CC1(C)CCc2ccccc2C1(C)C. The average molecular weight is 349 g/mol. The zero-order valence-electron chi connectivity index (χ0n) is 17.7. The fourth-order valence-electron chi connectivity index (χ4n) is 4.73. The maximum atomic E-state index is 2.39. The summed E-state index contributed by atoms with van der Waals surface area (Å²) in [6, 6.07) is 17.8. The highest BCUT2D eigenvalue weighted by Crippen LogP contribution is 2.49. The second-order valence-electron chi connectivity index (χ2n) is 10.1. The maximum Gasteiger partial charge on any atom is -0.00496 e. The number of rotatable bonds is 0. The highest BCUT2D eigenvalue weighted by Gasteiger charge is 2.41. The summed E-state index contributed by atoms with van der Waals surface area (Å²) in [7, 11) is 0. The van der Waals surface area contributed by atoms with Crippen molar-refractivity contribution in [1.82, 2.24) is 0 Å². The summed E-state index contributed by atoms with van der Waals surface area (Å²) in [5.74, 6) is 0. The lowest BCUT2D eigenvalue weighted by atomic mass is 9.57. The third kappa shape index (κ3) is 3.48. The fourth-order valence-corrected chi connectivity index (χ4v) is 4.73. The normalized spacial score (nSPS) is 21.6. The molecule has 140 valence electrons. The van der Waals surface area contributed by atoms with E-state index in [1.807, 2.05) is 0 Å². The smallest absolute Gasteiger partial charge is 0.00496 e. The number of benzene rings is 2. The lowest BCUT2D eigenvalue weighted by Gasteiger charge is -2.47. The van der Waals surface area contributed by atoms with Crippen LogP contribution in [0.5, 0.6) is 0 Å². The molecule has 2 aliphatic rings. The molecular weight excluding hydrogens is 312 g/mol. The molecule has 0 spiro atoms. The van der Waals surface area contributed by atoms with Crippen LogP contribution in [0, 0.1) is 5.41 Å². The largest absolute Gasteiger partial charge is 0.0620 e. The molecule has 26 heavy (non-hydrogen) atoms. The first-order valence-electron chi connectivity index (χ1n) is 10.3. The maximum absolute atomic E-state index is 2.39. The van der Waals surface area contributed by atoms with Crippen LogP contribution in [-0.4, -0.2) is 0 Å². The zero-order valence-corrected chi connectivity index (χ0v) is 17.7.